The van der Waals surface area contributed by atoms with Crippen LogP contribution >= 0.6 is 11.6 Å². The zero-order chi connectivity index (χ0) is 14.7. The second-order valence-electron chi connectivity index (χ2n) is 4.67. The van der Waals surface area contributed by atoms with Crippen LogP contribution in [0.5, 0.6) is 0 Å². The van der Waals surface area contributed by atoms with Crippen LogP contribution in [0.3, 0.4) is 0 Å². The maximum Gasteiger partial charge on any atom is 0.251 e. The van der Waals surface area contributed by atoms with Crippen molar-refractivity contribution in [3.05, 3.63) is 28.8 Å². The van der Waals surface area contributed by atoms with Crippen LogP contribution in [0.4, 0.5) is 5.69 Å². The van der Waals surface area contributed by atoms with E-state index >= 15 is 0 Å². The number of rotatable bonds is 3. The van der Waals surface area contributed by atoms with Crippen molar-refractivity contribution in [3.8, 4) is 0 Å². The third-order valence-electron chi connectivity index (χ3n) is 3.33. The summed E-state index contributed by atoms with van der Waals surface area (Å²) in [5, 5.41) is 5.45. The molecule has 106 valence electrons. The van der Waals surface area contributed by atoms with Gasteiger partial charge in [0, 0.05) is 19.0 Å². The van der Waals surface area contributed by atoms with Gasteiger partial charge in [-0.3, -0.25) is 14.4 Å². The van der Waals surface area contributed by atoms with Gasteiger partial charge in [0.2, 0.25) is 5.91 Å². The molecule has 1 aliphatic rings. The quantitative estimate of drug-likeness (QED) is 0.837. The lowest BCUT2D eigenvalue weighted by atomic mass is 10.1. The number of carbonyl (C=O) groups excluding carboxylic acids is 3. The van der Waals surface area contributed by atoms with Crippen LogP contribution in [-0.4, -0.2) is 24.6 Å². The number of amides is 2. The molecule has 0 spiro atoms. The summed E-state index contributed by atoms with van der Waals surface area (Å²) in [6, 6.07) is 4.61. The second kappa shape index (κ2) is 6.05. The number of carbonyl (C=O) groups is 3. The van der Waals surface area contributed by atoms with Crippen LogP contribution in [0.15, 0.2) is 18.2 Å². The standard InChI is InChI=1S/C14H15ClN2O3/c1-16-13(19)8-5-6-10(15)11(7-8)17-14(20)9-3-2-4-12(9)18/h5-7,9H,2-4H2,1H3,(H,16,19)(H,17,20). The van der Waals surface area contributed by atoms with Gasteiger partial charge in [-0.15, -0.1) is 0 Å². The molecule has 0 radical (unpaired) electrons. The van der Waals surface area contributed by atoms with E-state index < -0.39 is 5.92 Å². The first-order valence-corrected chi connectivity index (χ1v) is 6.76. The van der Waals surface area contributed by atoms with E-state index in [1.165, 1.54) is 19.2 Å². The molecule has 0 heterocycles. The highest BCUT2D eigenvalue weighted by atomic mass is 35.5. The molecule has 1 fully saturated rings. The molecule has 1 saturated carbocycles. The lowest BCUT2D eigenvalue weighted by Gasteiger charge is -2.12. The van der Waals surface area contributed by atoms with Crippen molar-refractivity contribution in [2.24, 2.45) is 5.92 Å². The second-order valence-corrected chi connectivity index (χ2v) is 5.08. The smallest absolute Gasteiger partial charge is 0.251 e. The Balaban J connectivity index is 2.18. The van der Waals surface area contributed by atoms with Crippen molar-refractivity contribution < 1.29 is 14.4 Å². The van der Waals surface area contributed by atoms with Crippen LogP contribution in [0.1, 0.15) is 29.6 Å². The van der Waals surface area contributed by atoms with Gasteiger partial charge in [0.25, 0.3) is 5.91 Å². The number of ketones is 1. The predicted molar refractivity (Wildman–Crippen MR) is 75.8 cm³/mol. The van der Waals surface area contributed by atoms with E-state index in [0.29, 0.717) is 29.1 Å². The van der Waals surface area contributed by atoms with Crippen molar-refractivity contribution in [2.75, 3.05) is 12.4 Å². The van der Waals surface area contributed by atoms with Crippen LogP contribution in [0, 0.1) is 5.92 Å². The third-order valence-corrected chi connectivity index (χ3v) is 3.66. The zero-order valence-corrected chi connectivity index (χ0v) is 11.8. The molecule has 0 bridgehead atoms. The average molecular weight is 295 g/mol. The van der Waals surface area contributed by atoms with Gasteiger partial charge in [0.05, 0.1) is 16.6 Å². The summed E-state index contributed by atoms with van der Waals surface area (Å²) in [5.74, 6) is -1.27. The number of benzene rings is 1. The van der Waals surface area contributed by atoms with Crippen molar-refractivity contribution in [1.82, 2.24) is 5.32 Å². The minimum absolute atomic E-state index is 0.0407. The summed E-state index contributed by atoms with van der Waals surface area (Å²) in [6.07, 6.45) is 1.75. The average Bonchev–Trinajstić information content (AvgIpc) is 2.86. The first-order chi connectivity index (χ1) is 9.52. The highest BCUT2D eigenvalue weighted by Crippen LogP contribution is 2.27. The molecule has 20 heavy (non-hydrogen) atoms. The molecule has 6 heteroatoms. The SMILES string of the molecule is CNC(=O)c1ccc(Cl)c(NC(=O)C2CCCC2=O)c1. The molecule has 0 aromatic heterocycles. The Bertz CT molecular complexity index is 572. The molecule has 0 saturated heterocycles. The topological polar surface area (TPSA) is 75.3 Å². The zero-order valence-electron chi connectivity index (χ0n) is 11.0. The molecule has 2 N–H and O–H groups in total. The van der Waals surface area contributed by atoms with Crippen molar-refractivity contribution >= 4 is 34.9 Å². The minimum atomic E-state index is -0.602. The first kappa shape index (κ1) is 14.5. The van der Waals surface area contributed by atoms with Gasteiger partial charge in [-0.1, -0.05) is 11.6 Å². The summed E-state index contributed by atoms with van der Waals surface area (Å²) in [4.78, 5) is 35.1. The van der Waals surface area contributed by atoms with Crippen molar-refractivity contribution in [3.63, 3.8) is 0 Å². The summed E-state index contributed by atoms with van der Waals surface area (Å²) in [6.45, 7) is 0. The van der Waals surface area contributed by atoms with E-state index in [9.17, 15) is 14.4 Å². The van der Waals surface area contributed by atoms with Gasteiger partial charge in [-0.2, -0.15) is 0 Å². The summed E-state index contributed by atoms with van der Waals surface area (Å²) in [5.41, 5.74) is 0.738. The van der Waals surface area contributed by atoms with Gasteiger partial charge >= 0.3 is 0 Å². The monoisotopic (exact) mass is 294 g/mol. The minimum Gasteiger partial charge on any atom is -0.355 e. The Morgan fingerprint density at radius 3 is 2.70 bits per heavy atom. The molecular formula is C14H15ClN2O3. The first-order valence-electron chi connectivity index (χ1n) is 6.38. The van der Waals surface area contributed by atoms with E-state index in [2.05, 4.69) is 10.6 Å². The lowest BCUT2D eigenvalue weighted by molar-refractivity contribution is -0.129. The maximum atomic E-state index is 12.0. The Morgan fingerprint density at radius 1 is 1.35 bits per heavy atom. The van der Waals surface area contributed by atoms with Crippen LogP contribution in [-0.2, 0) is 9.59 Å². The van der Waals surface area contributed by atoms with E-state index in [0.717, 1.165) is 6.42 Å². The number of hydrogen-bond donors (Lipinski definition) is 2. The Morgan fingerprint density at radius 2 is 2.10 bits per heavy atom. The Labute approximate surface area is 121 Å². The molecule has 0 aliphatic heterocycles. The Kier molecular flexibility index (Phi) is 4.39. The molecule has 1 unspecified atom stereocenters. The fraction of sp³-hybridized carbons (Fsp3) is 0.357. The number of halogens is 1. The van der Waals surface area contributed by atoms with Gasteiger partial charge in [-0.25, -0.2) is 0 Å². The molecular weight excluding hydrogens is 280 g/mol. The highest BCUT2D eigenvalue weighted by molar-refractivity contribution is 6.34. The van der Waals surface area contributed by atoms with E-state index in [1.54, 1.807) is 6.07 Å². The molecule has 1 aliphatic carbocycles. The van der Waals surface area contributed by atoms with Gasteiger partial charge < -0.3 is 10.6 Å². The van der Waals surface area contributed by atoms with Crippen LogP contribution in [0.25, 0.3) is 0 Å². The predicted octanol–water partition coefficient (Wildman–Crippen LogP) is 2.01. The lowest BCUT2D eigenvalue weighted by Crippen LogP contribution is -2.26. The number of hydrogen-bond acceptors (Lipinski definition) is 3. The van der Waals surface area contributed by atoms with Crippen LogP contribution < -0.4 is 10.6 Å². The highest BCUT2D eigenvalue weighted by Gasteiger charge is 2.31. The maximum absolute atomic E-state index is 12.0. The van der Waals surface area contributed by atoms with Crippen LogP contribution in [0.2, 0.25) is 5.02 Å². The molecule has 1 aromatic rings. The van der Waals surface area contributed by atoms with Gasteiger partial charge in [0.15, 0.2) is 0 Å². The molecule has 1 atom stereocenters. The summed E-state index contributed by atoms with van der Waals surface area (Å²) >= 11 is 6.00. The number of anilines is 1. The molecule has 5 nitrogen and oxygen atoms in total. The van der Waals surface area contributed by atoms with E-state index in [4.69, 9.17) is 11.6 Å². The summed E-state index contributed by atoms with van der Waals surface area (Å²) in [7, 11) is 1.52. The van der Waals surface area contributed by atoms with Crippen molar-refractivity contribution in [1.29, 1.82) is 0 Å². The van der Waals surface area contributed by atoms with E-state index in [-0.39, 0.29) is 17.6 Å². The molecule has 2 amide bonds. The van der Waals surface area contributed by atoms with E-state index in [1.807, 2.05) is 0 Å². The fourth-order valence-electron chi connectivity index (χ4n) is 2.22. The number of nitrogens with one attached hydrogen (secondary N) is 2. The Hall–Kier alpha value is -1.88. The van der Waals surface area contributed by atoms with Gasteiger partial charge in [-0.05, 0) is 31.0 Å². The molecule has 2 rings (SSSR count). The largest absolute Gasteiger partial charge is 0.355 e. The normalized spacial score (nSPS) is 17.9. The molecule has 1 aromatic carbocycles. The number of Topliss-reactive ketones (excluding diaryl/α,β-unsaturated/α-hetero) is 1. The summed E-state index contributed by atoms with van der Waals surface area (Å²) < 4.78 is 0. The third kappa shape index (κ3) is 2.99. The van der Waals surface area contributed by atoms with Gasteiger partial charge in [0.1, 0.15) is 5.78 Å². The fourth-order valence-corrected chi connectivity index (χ4v) is 2.38. The van der Waals surface area contributed by atoms with Crippen molar-refractivity contribution in [2.45, 2.75) is 19.3 Å².